The molecule has 0 bridgehead atoms. The molecule has 248 valence electrons. The summed E-state index contributed by atoms with van der Waals surface area (Å²) < 4.78 is 1.78. The summed E-state index contributed by atoms with van der Waals surface area (Å²) in [5.74, 6) is 0.435. The number of piperidine rings is 1. The molecule has 4 aromatic rings. The molecule has 6 rings (SSSR count). The number of carbonyl (C=O) groups is 1. The smallest absolute Gasteiger partial charge is 0.231 e. The van der Waals surface area contributed by atoms with Crippen molar-refractivity contribution in [2.75, 3.05) is 25.0 Å². The Hall–Kier alpha value is -3.95. The summed E-state index contributed by atoms with van der Waals surface area (Å²) >= 11 is 6.95. The standard InChI is InChI=1S/C37H47ClN8O/c1-7-26-14-18-45(19-15-26)24-37(5)40-17-20-46(37)23-28-21-27(10-12-31(28)38)33(30-11-13-32-34(25(30)2)42-43-44(32)6)36(3,4)35(47)41-29-9-8-16-39-22-29/h8-13,16-17,20-22,26,33,40H,7,14-15,18-19,23-24H2,1-6H3,(H,41,47)/t33-,37?/m0/s1. The minimum atomic E-state index is -0.865. The molecule has 1 unspecified atom stereocenters. The van der Waals surface area contributed by atoms with Gasteiger partial charge in [-0.15, -0.1) is 5.10 Å². The largest absolute Gasteiger partial charge is 0.367 e. The number of aromatic nitrogens is 4. The fourth-order valence-corrected chi connectivity index (χ4v) is 7.57. The number of likely N-dealkylation sites (tertiary alicyclic amines) is 1. The summed E-state index contributed by atoms with van der Waals surface area (Å²) in [6, 6.07) is 14.1. The van der Waals surface area contributed by atoms with E-state index in [9.17, 15) is 4.79 Å². The first-order valence-electron chi connectivity index (χ1n) is 16.7. The third-order valence-electron chi connectivity index (χ3n) is 10.5. The maximum Gasteiger partial charge on any atom is 0.231 e. The number of halogens is 1. The molecule has 2 atom stereocenters. The average molecular weight is 655 g/mol. The van der Waals surface area contributed by atoms with Gasteiger partial charge in [-0.3, -0.25) is 14.7 Å². The lowest BCUT2D eigenvalue weighted by atomic mass is 9.69. The quantitative estimate of drug-likeness (QED) is 0.194. The number of amides is 1. The zero-order chi connectivity index (χ0) is 33.3. The lowest BCUT2D eigenvalue weighted by Gasteiger charge is -2.42. The van der Waals surface area contributed by atoms with Gasteiger partial charge in [-0.25, -0.2) is 4.68 Å². The Kier molecular flexibility index (Phi) is 9.31. The van der Waals surface area contributed by atoms with Crippen molar-refractivity contribution in [1.29, 1.82) is 0 Å². The molecule has 0 saturated carbocycles. The van der Waals surface area contributed by atoms with Crippen LogP contribution in [0.15, 0.2) is 67.3 Å². The fourth-order valence-electron chi connectivity index (χ4n) is 7.39. The number of rotatable bonds is 10. The fraction of sp³-hybridized carbons (Fsp3) is 0.459. The van der Waals surface area contributed by atoms with Crippen LogP contribution in [-0.2, 0) is 18.4 Å². The number of hydrogen-bond acceptors (Lipinski definition) is 7. The SMILES string of the molecule is CCC1CCN(CC2(C)NC=CN2Cc2cc([C@@H](c3ccc4c(nnn4C)c3C)C(C)(C)C(=O)Nc3cccnc3)ccc2Cl)CC1. The number of hydrogen-bond donors (Lipinski definition) is 2. The van der Waals surface area contributed by atoms with Crippen molar-refractivity contribution in [2.45, 2.75) is 72.0 Å². The van der Waals surface area contributed by atoms with Gasteiger partial charge >= 0.3 is 0 Å². The Morgan fingerprint density at radius 3 is 2.70 bits per heavy atom. The second-order valence-corrected chi connectivity index (χ2v) is 14.5. The summed E-state index contributed by atoms with van der Waals surface area (Å²) in [5.41, 5.74) is 5.39. The molecule has 1 fully saturated rings. The van der Waals surface area contributed by atoms with Gasteiger partial charge in [0.25, 0.3) is 0 Å². The van der Waals surface area contributed by atoms with E-state index in [1.54, 1.807) is 17.1 Å². The van der Waals surface area contributed by atoms with Crippen LogP contribution < -0.4 is 10.6 Å². The first kappa shape index (κ1) is 33.0. The number of carbonyl (C=O) groups excluding carboxylic acids is 1. The minimum absolute atomic E-state index is 0.100. The lowest BCUT2D eigenvalue weighted by Crippen LogP contribution is -2.57. The maximum atomic E-state index is 14.1. The lowest BCUT2D eigenvalue weighted by molar-refractivity contribution is -0.124. The molecule has 2 aliphatic heterocycles. The molecule has 0 aliphatic carbocycles. The molecule has 2 aromatic heterocycles. The van der Waals surface area contributed by atoms with Crippen LogP contribution in [0.4, 0.5) is 5.69 Å². The molecule has 10 heteroatoms. The highest BCUT2D eigenvalue weighted by Crippen LogP contribution is 2.45. The van der Waals surface area contributed by atoms with E-state index in [4.69, 9.17) is 11.6 Å². The van der Waals surface area contributed by atoms with Crippen LogP contribution in [0, 0.1) is 18.3 Å². The monoisotopic (exact) mass is 654 g/mol. The number of benzene rings is 2. The van der Waals surface area contributed by atoms with Crippen LogP contribution in [0.2, 0.25) is 5.02 Å². The number of nitrogens with one attached hydrogen (secondary N) is 2. The van der Waals surface area contributed by atoms with E-state index in [0.29, 0.717) is 17.3 Å². The zero-order valence-electron chi connectivity index (χ0n) is 28.4. The van der Waals surface area contributed by atoms with Crippen molar-refractivity contribution in [3.63, 3.8) is 0 Å². The van der Waals surface area contributed by atoms with E-state index >= 15 is 0 Å². The van der Waals surface area contributed by atoms with Crippen LogP contribution in [0.5, 0.6) is 0 Å². The van der Waals surface area contributed by atoms with Gasteiger partial charge in [0.2, 0.25) is 5.91 Å². The third kappa shape index (κ3) is 6.61. The molecule has 2 N–H and O–H groups in total. The van der Waals surface area contributed by atoms with Gasteiger partial charge in [0.1, 0.15) is 11.2 Å². The number of anilines is 1. The van der Waals surface area contributed by atoms with Crippen molar-refractivity contribution < 1.29 is 4.79 Å². The van der Waals surface area contributed by atoms with Crippen molar-refractivity contribution >= 4 is 34.2 Å². The molecule has 0 spiro atoms. The van der Waals surface area contributed by atoms with Crippen molar-refractivity contribution in [3.8, 4) is 0 Å². The number of nitrogens with zero attached hydrogens (tertiary/aromatic N) is 6. The van der Waals surface area contributed by atoms with Crippen molar-refractivity contribution in [3.05, 3.63) is 94.5 Å². The van der Waals surface area contributed by atoms with Crippen LogP contribution in [0.25, 0.3) is 11.0 Å². The first-order chi connectivity index (χ1) is 22.5. The van der Waals surface area contributed by atoms with Crippen LogP contribution >= 0.6 is 11.6 Å². The topological polar surface area (TPSA) is 91.2 Å². The van der Waals surface area contributed by atoms with Gasteiger partial charge in [0, 0.05) is 49.7 Å². The molecular weight excluding hydrogens is 608 g/mol. The Morgan fingerprint density at radius 1 is 1.19 bits per heavy atom. The van der Waals surface area contributed by atoms with Gasteiger partial charge in [0.15, 0.2) is 0 Å². The van der Waals surface area contributed by atoms with Crippen molar-refractivity contribution in [2.24, 2.45) is 18.4 Å². The summed E-state index contributed by atoms with van der Waals surface area (Å²) in [4.78, 5) is 23.3. The van der Waals surface area contributed by atoms with Gasteiger partial charge < -0.3 is 15.5 Å². The normalized spacial score (nSPS) is 19.7. The van der Waals surface area contributed by atoms with Crippen LogP contribution in [0.3, 0.4) is 0 Å². The number of fused-ring (bicyclic) bond motifs is 1. The Morgan fingerprint density at radius 2 is 1.98 bits per heavy atom. The van der Waals surface area contributed by atoms with E-state index in [1.165, 1.54) is 19.3 Å². The van der Waals surface area contributed by atoms with Gasteiger partial charge in [-0.05, 0) is 92.2 Å². The summed E-state index contributed by atoms with van der Waals surface area (Å²) in [6.45, 7) is 14.5. The summed E-state index contributed by atoms with van der Waals surface area (Å²) in [7, 11) is 1.89. The molecule has 9 nitrogen and oxygen atoms in total. The molecule has 2 aliphatic rings. The first-order valence-corrected chi connectivity index (χ1v) is 17.1. The Bertz CT molecular complexity index is 1760. The third-order valence-corrected chi connectivity index (χ3v) is 10.8. The van der Waals surface area contributed by atoms with E-state index < -0.39 is 5.41 Å². The predicted molar refractivity (Wildman–Crippen MR) is 189 cm³/mol. The van der Waals surface area contributed by atoms with E-state index in [2.05, 4.69) is 80.9 Å². The molecule has 2 aromatic carbocycles. The van der Waals surface area contributed by atoms with Gasteiger partial charge in [-0.1, -0.05) is 62.2 Å². The summed E-state index contributed by atoms with van der Waals surface area (Å²) in [6.07, 6.45) is 11.3. The zero-order valence-corrected chi connectivity index (χ0v) is 29.2. The molecule has 1 saturated heterocycles. The molecule has 0 radical (unpaired) electrons. The highest BCUT2D eigenvalue weighted by molar-refractivity contribution is 6.31. The molecule has 47 heavy (non-hydrogen) atoms. The second-order valence-electron chi connectivity index (χ2n) is 14.1. The summed E-state index contributed by atoms with van der Waals surface area (Å²) in [5, 5.41) is 16.2. The van der Waals surface area contributed by atoms with E-state index in [1.807, 2.05) is 51.4 Å². The highest BCUT2D eigenvalue weighted by atomic mass is 35.5. The molecule has 4 heterocycles. The van der Waals surface area contributed by atoms with Gasteiger partial charge in [-0.2, -0.15) is 0 Å². The van der Waals surface area contributed by atoms with Gasteiger partial charge in [0.05, 0.1) is 22.8 Å². The predicted octanol–water partition coefficient (Wildman–Crippen LogP) is 6.84. The number of aryl methyl sites for hydroxylation is 2. The van der Waals surface area contributed by atoms with Crippen molar-refractivity contribution in [1.82, 2.24) is 35.1 Å². The van der Waals surface area contributed by atoms with E-state index in [-0.39, 0.29) is 17.5 Å². The minimum Gasteiger partial charge on any atom is -0.367 e. The Balaban J connectivity index is 1.34. The second kappa shape index (κ2) is 13.3. The highest BCUT2D eigenvalue weighted by Gasteiger charge is 2.41. The number of pyridine rings is 1. The maximum absolute atomic E-state index is 14.1. The molecular formula is C37H47ClN8O. The average Bonchev–Trinajstić information content (AvgIpc) is 3.62. The molecule has 1 amide bonds. The van der Waals surface area contributed by atoms with E-state index in [0.717, 1.165) is 58.8 Å². The van der Waals surface area contributed by atoms with Crippen LogP contribution in [0.1, 0.15) is 75.1 Å². The Labute approximate surface area is 283 Å². The van der Waals surface area contributed by atoms with Crippen LogP contribution in [-0.4, -0.2) is 61.0 Å².